The van der Waals surface area contributed by atoms with E-state index in [9.17, 15) is 9.59 Å². The average molecular weight is 408 g/mol. The standard InChI is InChI=1S/C21H20N4O5/c1-13-10-17(24-23-13)20(26)25-22-12-14-4-9-18(19(11-14)29-3)30-21(27)15-5-7-16(28-2)8-6-15/h4-12H,1-3H3,(H,23,24)(H,25,26). The highest BCUT2D eigenvalue weighted by molar-refractivity contribution is 5.93. The number of aromatic nitrogens is 2. The molecule has 9 nitrogen and oxygen atoms in total. The van der Waals surface area contributed by atoms with E-state index in [1.807, 2.05) is 0 Å². The summed E-state index contributed by atoms with van der Waals surface area (Å²) in [5.74, 6) is 0.274. The molecule has 1 amide bonds. The minimum atomic E-state index is -0.529. The molecule has 2 N–H and O–H groups in total. The summed E-state index contributed by atoms with van der Waals surface area (Å²) in [4.78, 5) is 24.3. The van der Waals surface area contributed by atoms with Crippen molar-refractivity contribution in [2.24, 2.45) is 5.10 Å². The second kappa shape index (κ2) is 9.37. The van der Waals surface area contributed by atoms with Gasteiger partial charge in [-0.25, -0.2) is 10.2 Å². The largest absolute Gasteiger partial charge is 0.497 e. The average Bonchev–Trinajstić information content (AvgIpc) is 3.21. The van der Waals surface area contributed by atoms with Gasteiger partial charge in [-0.3, -0.25) is 9.89 Å². The third-order valence-electron chi connectivity index (χ3n) is 4.03. The van der Waals surface area contributed by atoms with Crippen molar-refractivity contribution in [2.75, 3.05) is 14.2 Å². The van der Waals surface area contributed by atoms with E-state index in [0.717, 1.165) is 5.69 Å². The second-order valence-electron chi connectivity index (χ2n) is 6.16. The van der Waals surface area contributed by atoms with E-state index in [-0.39, 0.29) is 11.4 Å². The van der Waals surface area contributed by atoms with Gasteiger partial charge in [0.05, 0.1) is 26.0 Å². The highest BCUT2D eigenvalue weighted by Crippen LogP contribution is 2.28. The summed E-state index contributed by atoms with van der Waals surface area (Å²) in [7, 11) is 3.01. The van der Waals surface area contributed by atoms with Gasteiger partial charge in [-0.15, -0.1) is 0 Å². The number of carbonyl (C=O) groups excluding carboxylic acids is 2. The van der Waals surface area contributed by atoms with Crippen molar-refractivity contribution in [3.63, 3.8) is 0 Å². The molecule has 30 heavy (non-hydrogen) atoms. The Hall–Kier alpha value is -4.14. The van der Waals surface area contributed by atoms with Gasteiger partial charge in [0.2, 0.25) is 0 Å². The van der Waals surface area contributed by atoms with Gasteiger partial charge in [0.25, 0.3) is 5.91 Å². The van der Waals surface area contributed by atoms with E-state index >= 15 is 0 Å². The van der Waals surface area contributed by atoms with Gasteiger partial charge in [0.15, 0.2) is 17.2 Å². The zero-order valence-corrected chi connectivity index (χ0v) is 16.6. The quantitative estimate of drug-likeness (QED) is 0.269. The number of nitrogens with one attached hydrogen (secondary N) is 2. The normalized spacial score (nSPS) is 10.6. The van der Waals surface area contributed by atoms with Crippen molar-refractivity contribution in [3.8, 4) is 17.2 Å². The number of ether oxygens (including phenoxy) is 3. The molecule has 0 aliphatic carbocycles. The van der Waals surface area contributed by atoms with Crippen molar-refractivity contribution in [1.82, 2.24) is 15.6 Å². The highest BCUT2D eigenvalue weighted by atomic mass is 16.6. The van der Waals surface area contributed by atoms with E-state index in [1.54, 1.807) is 62.6 Å². The van der Waals surface area contributed by atoms with Crippen LogP contribution in [0.1, 0.15) is 32.1 Å². The number of benzene rings is 2. The fourth-order valence-corrected chi connectivity index (χ4v) is 2.49. The number of hydrazone groups is 1. The number of amides is 1. The lowest BCUT2D eigenvalue weighted by Gasteiger charge is -2.10. The van der Waals surface area contributed by atoms with Crippen LogP contribution >= 0.6 is 0 Å². The first-order valence-electron chi connectivity index (χ1n) is 8.90. The lowest BCUT2D eigenvalue weighted by molar-refractivity contribution is 0.0729. The number of esters is 1. The van der Waals surface area contributed by atoms with Crippen molar-refractivity contribution in [2.45, 2.75) is 6.92 Å². The lowest BCUT2D eigenvalue weighted by atomic mass is 10.2. The smallest absolute Gasteiger partial charge is 0.343 e. The van der Waals surface area contributed by atoms with Gasteiger partial charge < -0.3 is 14.2 Å². The lowest BCUT2D eigenvalue weighted by Crippen LogP contribution is -2.18. The Morgan fingerprint density at radius 3 is 2.43 bits per heavy atom. The van der Waals surface area contributed by atoms with Crippen LogP contribution in [0.4, 0.5) is 0 Å². The molecule has 3 aromatic rings. The molecule has 0 aliphatic rings. The molecule has 0 unspecified atom stereocenters. The molecule has 0 saturated carbocycles. The van der Waals surface area contributed by atoms with Crippen LogP contribution in [0, 0.1) is 6.92 Å². The predicted molar refractivity (Wildman–Crippen MR) is 109 cm³/mol. The van der Waals surface area contributed by atoms with Crippen LogP contribution in [0.5, 0.6) is 17.2 Å². The van der Waals surface area contributed by atoms with E-state index in [2.05, 4.69) is 20.7 Å². The van der Waals surface area contributed by atoms with Gasteiger partial charge in [-0.2, -0.15) is 10.2 Å². The molecule has 0 radical (unpaired) electrons. The molecule has 3 rings (SSSR count). The number of aryl methyl sites for hydroxylation is 1. The minimum absolute atomic E-state index is 0.239. The van der Waals surface area contributed by atoms with Crippen molar-refractivity contribution >= 4 is 18.1 Å². The topological polar surface area (TPSA) is 115 Å². The maximum atomic E-state index is 12.3. The first kappa shape index (κ1) is 20.6. The van der Waals surface area contributed by atoms with Crippen molar-refractivity contribution in [1.29, 1.82) is 0 Å². The highest BCUT2D eigenvalue weighted by Gasteiger charge is 2.13. The maximum absolute atomic E-state index is 12.3. The summed E-state index contributed by atoms with van der Waals surface area (Å²) in [5, 5.41) is 10.4. The van der Waals surface area contributed by atoms with Crippen LogP contribution in [-0.2, 0) is 0 Å². The van der Waals surface area contributed by atoms with E-state index in [4.69, 9.17) is 14.2 Å². The second-order valence-corrected chi connectivity index (χ2v) is 6.16. The molecule has 0 bridgehead atoms. The van der Waals surface area contributed by atoms with Gasteiger partial charge in [0, 0.05) is 5.69 Å². The van der Waals surface area contributed by atoms with Gasteiger partial charge in [-0.05, 0) is 61.0 Å². The summed E-state index contributed by atoms with van der Waals surface area (Å²) in [6, 6.07) is 13.1. The first-order valence-corrected chi connectivity index (χ1v) is 8.90. The molecule has 2 aromatic carbocycles. The molecular formula is C21H20N4O5. The molecule has 0 aliphatic heterocycles. The number of hydrogen-bond acceptors (Lipinski definition) is 7. The SMILES string of the molecule is COc1ccc(C(=O)Oc2ccc(C=NNC(=O)c3cc(C)[nH]n3)cc2OC)cc1. The molecule has 1 heterocycles. The molecule has 154 valence electrons. The first-order chi connectivity index (χ1) is 14.5. The Morgan fingerprint density at radius 2 is 1.80 bits per heavy atom. The summed E-state index contributed by atoms with van der Waals surface area (Å²) in [6.07, 6.45) is 1.44. The third-order valence-corrected chi connectivity index (χ3v) is 4.03. The molecule has 0 spiro atoms. The molecule has 0 fully saturated rings. The van der Waals surface area contributed by atoms with Gasteiger partial charge in [0.1, 0.15) is 5.75 Å². The summed E-state index contributed by atoms with van der Waals surface area (Å²) >= 11 is 0. The van der Waals surface area contributed by atoms with E-state index in [1.165, 1.54) is 13.3 Å². The van der Waals surface area contributed by atoms with E-state index in [0.29, 0.717) is 22.6 Å². The number of aromatic amines is 1. The number of H-pyrrole nitrogens is 1. The molecule has 0 atom stereocenters. The number of methoxy groups -OCH3 is 2. The Balaban J connectivity index is 1.66. The maximum Gasteiger partial charge on any atom is 0.343 e. The van der Waals surface area contributed by atoms with Crippen LogP contribution < -0.4 is 19.6 Å². The molecule has 9 heteroatoms. The van der Waals surface area contributed by atoms with Crippen molar-refractivity contribution in [3.05, 3.63) is 71.0 Å². The zero-order chi connectivity index (χ0) is 21.5. The minimum Gasteiger partial charge on any atom is -0.497 e. The number of carbonyl (C=O) groups is 2. The van der Waals surface area contributed by atoms with Crippen LogP contribution in [0.25, 0.3) is 0 Å². The number of nitrogens with zero attached hydrogens (tertiary/aromatic N) is 2. The van der Waals surface area contributed by atoms with Gasteiger partial charge in [-0.1, -0.05) is 0 Å². The Labute approximate surface area is 172 Å². The van der Waals surface area contributed by atoms with E-state index < -0.39 is 11.9 Å². The fraction of sp³-hybridized carbons (Fsp3) is 0.143. The molecular weight excluding hydrogens is 388 g/mol. The van der Waals surface area contributed by atoms with Crippen LogP contribution in [0.3, 0.4) is 0 Å². The fourth-order valence-electron chi connectivity index (χ4n) is 2.49. The number of hydrogen-bond donors (Lipinski definition) is 2. The summed E-state index contributed by atoms with van der Waals surface area (Å²) in [5.41, 5.74) is 4.41. The Kier molecular flexibility index (Phi) is 6.43. The van der Waals surface area contributed by atoms with Gasteiger partial charge >= 0.3 is 5.97 Å². The monoisotopic (exact) mass is 408 g/mol. The zero-order valence-electron chi connectivity index (χ0n) is 16.6. The number of rotatable bonds is 7. The summed E-state index contributed by atoms with van der Waals surface area (Å²) in [6.45, 7) is 1.79. The molecule has 1 aromatic heterocycles. The Bertz CT molecular complexity index is 1070. The van der Waals surface area contributed by atoms with Crippen LogP contribution in [0.15, 0.2) is 53.6 Å². The van der Waals surface area contributed by atoms with Crippen LogP contribution in [0.2, 0.25) is 0 Å². The Morgan fingerprint density at radius 1 is 1.03 bits per heavy atom. The third kappa shape index (κ3) is 5.02. The summed E-state index contributed by atoms with van der Waals surface area (Å²) < 4.78 is 15.8. The molecule has 0 saturated heterocycles. The van der Waals surface area contributed by atoms with Crippen molar-refractivity contribution < 1.29 is 23.8 Å². The predicted octanol–water partition coefficient (Wildman–Crippen LogP) is 2.72. The van der Waals surface area contributed by atoms with Crippen LogP contribution in [-0.4, -0.2) is 42.5 Å².